The summed E-state index contributed by atoms with van der Waals surface area (Å²) in [6.45, 7) is 7.68. The quantitative estimate of drug-likeness (QED) is 0.944. The van der Waals surface area contributed by atoms with Gasteiger partial charge in [0.05, 0.1) is 16.6 Å². The summed E-state index contributed by atoms with van der Waals surface area (Å²) in [6, 6.07) is 6.47. The van der Waals surface area contributed by atoms with Crippen molar-refractivity contribution in [1.82, 2.24) is 9.10 Å². The number of benzene rings is 1. The van der Waals surface area contributed by atoms with E-state index in [1.54, 1.807) is 24.3 Å². The van der Waals surface area contributed by atoms with Crippen molar-refractivity contribution < 1.29 is 8.42 Å². The zero-order valence-corrected chi connectivity index (χ0v) is 13.6. The van der Waals surface area contributed by atoms with E-state index in [0.29, 0.717) is 0 Å². The number of sulfonamides is 1. The van der Waals surface area contributed by atoms with Gasteiger partial charge >= 0.3 is 0 Å². The lowest BCUT2D eigenvalue weighted by atomic mass is 10.1. The van der Waals surface area contributed by atoms with Gasteiger partial charge in [-0.2, -0.15) is 4.37 Å². The molecule has 6 heteroatoms. The molecule has 0 radical (unpaired) electrons. The van der Waals surface area contributed by atoms with Crippen molar-refractivity contribution in [2.24, 2.45) is 0 Å². The fourth-order valence-electron chi connectivity index (χ4n) is 1.91. The summed E-state index contributed by atoms with van der Waals surface area (Å²) >= 11 is 1.40. The molecule has 1 N–H and O–H groups in total. The van der Waals surface area contributed by atoms with Gasteiger partial charge in [-0.15, -0.1) is 0 Å². The van der Waals surface area contributed by atoms with Crippen LogP contribution in [0.2, 0.25) is 0 Å². The van der Waals surface area contributed by atoms with Crippen LogP contribution in [0.1, 0.15) is 34.7 Å². The minimum Gasteiger partial charge on any atom is -0.207 e. The maximum absolute atomic E-state index is 12.3. The van der Waals surface area contributed by atoms with E-state index in [4.69, 9.17) is 0 Å². The average Bonchev–Trinajstić information content (AvgIpc) is 2.70. The third-order valence-electron chi connectivity index (χ3n) is 3.27. The predicted molar refractivity (Wildman–Crippen MR) is 81.5 cm³/mol. The van der Waals surface area contributed by atoms with Crippen molar-refractivity contribution in [1.29, 1.82) is 0 Å². The molecule has 0 fully saturated rings. The van der Waals surface area contributed by atoms with Gasteiger partial charge in [0.1, 0.15) is 0 Å². The number of aromatic nitrogens is 1. The Morgan fingerprint density at radius 1 is 1.15 bits per heavy atom. The number of rotatable bonds is 4. The van der Waals surface area contributed by atoms with Gasteiger partial charge in [-0.1, -0.05) is 17.7 Å². The maximum Gasteiger partial charge on any atom is 0.241 e. The van der Waals surface area contributed by atoms with Crippen LogP contribution in [-0.4, -0.2) is 12.8 Å². The van der Waals surface area contributed by atoms with Gasteiger partial charge in [-0.3, -0.25) is 0 Å². The summed E-state index contributed by atoms with van der Waals surface area (Å²) in [5.74, 6) is 0. The van der Waals surface area contributed by atoms with Crippen LogP contribution in [0.3, 0.4) is 0 Å². The van der Waals surface area contributed by atoms with Crippen molar-refractivity contribution in [3.05, 3.63) is 46.0 Å². The van der Waals surface area contributed by atoms with E-state index in [2.05, 4.69) is 9.10 Å². The van der Waals surface area contributed by atoms with Crippen LogP contribution in [0.25, 0.3) is 0 Å². The lowest BCUT2D eigenvalue weighted by Crippen LogP contribution is -2.27. The molecule has 2 rings (SSSR count). The summed E-state index contributed by atoms with van der Waals surface area (Å²) in [7, 11) is -3.52. The molecule has 0 saturated heterocycles. The minimum atomic E-state index is -3.52. The topological polar surface area (TPSA) is 59.1 Å². The Bertz CT molecular complexity index is 703. The lowest BCUT2D eigenvalue weighted by Gasteiger charge is -2.13. The van der Waals surface area contributed by atoms with E-state index in [9.17, 15) is 8.42 Å². The Kier molecular flexibility index (Phi) is 4.27. The molecule has 0 aliphatic rings. The maximum atomic E-state index is 12.3. The van der Waals surface area contributed by atoms with Crippen LogP contribution in [-0.2, 0) is 10.0 Å². The molecule has 1 aromatic carbocycles. The molecule has 20 heavy (non-hydrogen) atoms. The molecule has 0 saturated carbocycles. The Morgan fingerprint density at radius 2 is 1.75 bits per heavy atom. The van der Waals surface area contributed by atoms with Gasteiger partial charge in [0.2, 0.25) is 10.0 Å². The number of hydrogen-bond donors (Lipinski definition) is 1. The first-order valence-corrected chi connectivity index (χ1v) is 8.58. The van der Waals surface area contributed by atoms with Gasteiger partial charge in [0.25, 0.3) is 0 Å². The first-order valence-electron chi connectivity index (χ1n) is 6.33. The molecule has 1 unspecified atom stereocenters. The molecule has 2 aromatic rings. The molecule has 4 nitrogen and oxygen atoms in total. The van der Waals surface area contributed by atoms with Crippen molar-refractivity contribution in [3.8, 4) is 0 Å². The van der Waals surface area contributed by atoms with E-state index in [-0.39, 0.29) is 10.9 Å². The molecule has 0 amide bonds. The molecule has 0 aliphatic heterocycles. The van der Waals surface area contributed by atoms with Crippen LogP contribution in [0.4, 0.5) is 0 Å². The second-order valence-corrected chi connectivity index (χ2v) is 7.60. The van der Waals surface area contributed by atoms with Crippen molar-refractivity contribution in [2.45, 2.75) is 38.6 Å². The summed E-state index contributed by atoms with van der Waals surface area (Å²) < 4.78 is 31.6. The highest BCUT2D eigenvalue weighted by Crippen LogP contribution is 2.24. The molecule has 108 valence electrons. The Morgan fingerprint density at radius 3 is 2.25 bits per heavy atom. The van der Waals surface area contributed by atoms with Gasteiger partial charge < -0.3 is 0 Å². The van der Waals surface area contributed by atoms with Gasteiger partial charge in [0.15, 0.2) is 0 Å². The number of aryl methyl sites for hydroxylation is 2. The number of nitrogens with one attached hydrogen (secondary N) is 1. The second-order valence-electron chi connectivity index (χ2n) is 4.91. The number of hydrogen-bond acceptors (Lipinski definition) is 4. The van der Waals surface area contributed by atoms with Gasteiger partial charge in [-0.05, 0) is 56.9 Å². The fourth-order valence-corrected chi connectivity index (χ4v) is 3.89. The van der Waals surface area contributed by atoms with Gasteiger partial charge in [-0.25, -0.2) is 13.1 Å². The van der Waals surface area contributed by atoms with E-state index in [1.807, 2.05) is 27.7 Å². The van der Waals surface area contributed by atoms with Crippen LogP contribution in [0.15, 0.2) is 29.2 Å². The molecule has 1 heterocycles. The highest BCUT2D eigenvalue weighted by Gasteiger charge is 2.21. The van der Waals surface area contributed by atoms with Crippen LogP contribution in [0.5, 0.6) is 0 Å². The standard InChI is InChI=1S/C14H18N2O2S2/c1-9-5-7-13(8-6-9)20(17,18)16-11(3)14-10(2)12(4)19-15-14/h5-8,11,16H,1-4H3. The molecule has 1 aromatic heterocycles. The highest BCUT2D eigenvalue weighted by molar-refractivity contribution is 7.89. The minimum absolute atomic E-state index is 0.277. The largest absolute Gasteiger partial charge is 0.241 e. The van der Waals surface area contributed by atoms with Crippen LogP contribution in [0, 0.1) is 20.8 Å². The van der Waals surface area contributed by atoms with E-state index in [0.717, 1.165) is 21.7 Å². The third-order valence-corrected chi connectivity index (χ3v) is 5.69. The SMILES string of the molecule is Cc1ccc(S(=O)(=O)NC(C)c2nsc(C)c2C)cc1. The zero-order valence-electron chi connectivity index (χ0n) is 12.0. The third kappa shape index (κ3) is 3.08. The normalized spacial score (nSPS) is 13.4. The first-order chi connectivity index (χ1) is 9.31. The molecule has 0 spiro atoms. The molecule has 1 atom stereocenters. The number of nitrogens with zero attached hydrogens (tertiary/aromatic N) is 1. The summed E-state index contributed by atoms with van der Waals surface area (Å²) in [6.07, 6.45) is 0. The monoisotopic (exact) mass is 310 g/mol. The zero-order chi connectivity index (χ0) is 14.9. The average molecular weight is 310 g/mol. The molecule has 0 bridgehead atoms. The van der Waals surface area contributed by atoms with Crippen molar-refractivity contribution in [3.63, 3.8) is 0 Å². The first kappa shape index (κ1) is 15.2. The van der Waals surface area contributed by atoms with Crippen LogP contribution >= 0.6 is 11.5 Å². The van der Waals surface area contributed by atoms with E-state index >= 15 is 0 Å². The smallest absolute Gasteiger partial charge is 0.207 e. The summed E-state index contributed by atoms with van der Waals surface area (Å²) in [5.41, 5.74) is 2.88. The molecular formula is C14H18N2O2S2. The molecule has 0 aliphatic carbocycles. The van der Waals surface area contributed by atoms with Gasteiger partial charge in [0, 0.05) is 4.88 Å². The second kappa shape index (κ2) is 5.63. The Balaban J connectivity index is 2.24. The Hall–Kier alpha value is -1.24. The summed E-state index contributed by atoms with van der Waals surface area (Å²) in [5, 5.41) is 0. The Labute approximate surface area is 124 Å². The summed E-state index contributed by atoms with van der Waals surface area (Å²) in [4.78, 5) is 1.39. The fraction of sp³-hybridized carbons (Fsp3) is 0.357. The van der Waals surface area contributed by atoms with Crippen molar-refractivity contribution in [2.75, 3.05) is 0 Å². The van der Waals surface area contributed by atoms with Crippen LogP contribution < -0.4 is 4.72 Å². The van der Waals surface area contributed by atoms with E-state index in [1.165, 1.54) is 11.5 Å². The molecular weight excluding hydrogens is 292 g/mol. The lowest BCUT2D eigenvalue weighted by molar-refractivity contribution is 0.564. The van der Waals surface area contributed by atoms with Crippen molar-refractivity contribution >= 4 is 21.6 Å². The highest BCUT2D eigenvalue weighted by atomic mass is 32.2. The predicted octanol–water partition coefficient (Wildman–Crippen LogP) is 3.11. The van der Waals surface area contributed by atoms with E-state index < -0.39 is 10.0 Å².